The molecule has 10 nitrogen and oxygen atoms in total. The Balaban J connectivity index is 1.61. The van der Waals surface area contributed by atoms with Crippen LogP contribution in [0.3, 0.4) is 0 Å². The highest BCUT2D eigenvalue weighted by Gasteiger charge is 2.76. The van der Waals surface area contributed by atoms with E-state index < -0.39 is 52.3 Å². The van der Waals surface area contributed by atoms with Crippen LogP contribution >= 0.6 is 0 Å². The lowest BCUT2D eigenvalue weighted by molar-refractivity contribution is -0.131. The van der Waals surface area contributed by atoms with Crippen molar-refractivity contribution in [3.05, 3.63) is 53.8 Å². The van der Waals surface area contributed by atoms with Gasteiger partial charge in [0.1, 0.15) is 17.4 Å². The number of hydrogen-bond donors (Lipinski definition) is 2. The lowest BCUT2D eigenvalue weighted by Crippen LogP contribution is -2.58. The highest BCUT2D eigenvalue weighted by atomic mass is 16.5. The Bertz CT molecular complexity index is 1360. The summed E-state index contributed by atoms with van der Waals surface area (Å²) >= 11 is 0. The highest BCUT2D eigenvalue weighted by Crippen LogP contribution is 2.60. The lowest BCUT2D eigenvalue weighted by atomic mass is 9.70. The van der Waals surface area contributed by atoms with Crippen molar-refractivity contribution in [2.75, 3.05) is 10.2 Å². The average Bonchev–Trinajstić information content (AvgIpc) is 3.49. The van der Waals surface area contributed by atoms with Gasteiger partial charge in [0.25, 0.3) is 0 Å². The SMILES string of the molecule is CC(=O)c1cccc(N2C(=O)[C@H]3[C@H](C(=O)Nc4cc(C)on4)[C@]4(C)C=C[C@]3(O4)[C@H]2C(=O)NC(C)(C)C)c1. The Labute approximate surface area is 214 Å². The molecule has 3 amide bonds. The van der Waals surface area contributed by atoms with E-state index in [0.29, 0.717) is 17.0 Å². The summed E-state index contributed by atoms with van der Waals surface area (Å²) in [7, 11) is 0. The van der Waals surface area contributed by atoms with Gasteiger partial charge in [-0.3, -0.25) is 24.1 Å². The number of anilines is 2. The smallest absolute Gasteiger partial charge is 0.246 e. The molecule has 4 heterocycles. The predicted molar refractivity (Wildman–Crippen MR) is 134 cm³/mol. The summed E-state index contributed by atoms with van der Waals surface area (Å²) in [5, 5.41) is 9.53. The van der Waals surface area contributed by atoms with Gasteiger partial charge in [-0.15, -0.1) is 0 Å². The predicted octanol–water partition coefficient (Wildman–Crippen LogP) is 2.78. The van der Waals surface area contributed by atoms with Crippen LogP contribution in [-0.4, -0.2) is 51.4 Å². The third-order valence-corrected chi connectivity index (χ3v) is 7.14. The van der Waals surface area contributed by atoms with Gasteiger partial charge in [-0.25, -0.2) is 0 Å². The lowest BCUT2D eigenvalue weighted by Gasteiger charge is -2.35. The molecule has 3 aliphatic heterocycles. The molecule has 2 bridgehead atoms. The van der Waals surface area contributed by atoms with Crippen molar-refractivity contribution in [2.45, 2.75) is 64.3 Å². The number of aromatic nitrogens is 1. The van der Waals surface area contributed by atoms with Crippen LogP contribution in [0.25, 0.3) is 0 Å². The molecule has 0 unspecified atom stereocenters. The number of hydrogen-bond acceptors (Lipinski definition) is 7. The summed E-state index contributed by atoms with van der Waals surface area (Å²) in [4.78, 5) is 55.0. The van der Waals surface area contributed by atoms with Gasteiger partial charge < -0.3 is 19.9 Å². The molecular weight excluding hydrogens is 476 g/mol. The number of aryl methyl sites for hydroxylation is 1. The van der Waals surface area contributed by atoms with E-state index in [9.17, 15) is 19.2 Å². The maximum Gasteiger partial charge on any atom is 0.246 e. The van der Waals surface area contributed by atoms with Crippen molar-refractivity contribution in [2.24, 2.45) is 11.8 Å². The summed E-state index contributed by atoms with van der Waals surface area (Å²) in [5.41, 5.74) is -2.30. The zero-order valence-electron chi connectivity index (χ0n) is 21.6. The first-order valence-corrected chi connectivity index (χ1v) is 12.2. The van der Waals surface area contributed by atoms with E-state index in [2.05, 4.69) is 15.8 Å². The van der Waals surface area contributed by atoms with Crippen LogP contribution in [0.2, 0.25) is 0 Å². The highest BCUT2D eigenvalue weighted by molar-refractivity contribution is 6.12. The number of nitrogens with zero attached hydrogens (tertiary/aromatic N) is 2. The van der Waals surface area contributed by atoms with Gasteiger partial charge in [0.15, 0.2) is 11.6 Å². The van der Waals surface area contributed by atoms with E-state index >= 15 is 0 Å². The summed E-state index contributed by atoms with van der Waals surface area (Å²) in [5.74, 6) is -2.65. The minimum absolute atomic E-state index is 0.174. The third-order valence-electron chi connectivity index (χ3n) is 7.14. The molecule has 2 N–H and O–H groups in total. The fourth-order valence-electron chi connectivity index (χ4n) is 5.75. The Kier molecular flexibility index (Phi) is 5.45. The topological polar surface area (TPSA) is 131 Å². The van der Waals surface area contributed by atoms with Crippen LogP contribution in [0.4, 0.5) is 11.5 Å². The van der Waals surface area contributed by atoms with Gasteiger partial charge in [0.2, 0.25) is 17.7 Å². The Hall–Kier alpha value is -3.79. The largest absolute Gasteiger partial charge is 0.360 e. The molecule has 1 spiro atoms. The monoisotopic (exact) mass is 506 g/mol. The summed E-state index contributed by atoms with van der Waals surface area (Å²) in [6.07, 6.45) is 3.49. The maximum atomic E-state index is 14.2. The number of amides is 3. The molecule has 37 heavy (non-hydrogen) atoms. The normalized spacial score (nSPS) is 29.9. The summed E-state index contributed by atoms with van der Waals surface area (Å²) < 4.78 is 11.5. The third kappa shape index (κ3) is 3.87. The number of rotatable bonds is 5. The molecule has 0 aliphatic carbocycles. The molecule has 0 saturated carbocycles. The Morgan fingerprint density at radius 3 is 2.46 bits per heavy atom. The molecule has 5 atom stereocenters. The number of ether oxygens (including phenoxy) is 1. The van der Waals surface area contributed by atoms with E-state index in [-0.39, 0.29) is 11.6 Å². The standard InChI is InChI=1S/C27H30N4O6/c1-14-12-18(30-36-14)28-22(33)19-20-24(35)31(17-9-7-8-16(13-17)15(2)32)21(23(34)29-25(3,4)5)27(20)11-10-26(19,6)37-27/h7-13,19-21H,1-6H3,(H,29,34)(H,28,30,33)/t19-,20-,21-,26+,27-/m1/s1. The molecule has 1 aromatic carbocycles. The van der Waals surface area contributed by atoms with Crippen molar-refractivity contribution in [3.63, 3.8) is 0 Å². The molecule has 194 valence electrons. The number of Topliss-reactive ketones (excluding diaryl/α,β-unsaturated/α-hetero) is 1. The van der Waals surface area contributed by atoms with E-state index in [1.165, 1.54) is 11.8 Å². The molecule has 2 fully saturated rings. The van der Waals surface area contributed by atoms with Crippen LogP contribution in [0, 0.1) is 18.8 Å². The van der Waals surface area contributed by atoms with Gasteiger partial charge >= 0.3 is 0 Å². The van der Waals surface area contributed by atoms with Gasteiger partial charge in [-0.2, -0.15) is 0 Å². The maximum absolute atomic E-state index is 14.2. The van der Waals surface area contributed by atoms with E-state index in [1.54, 1.807) is 56.3 Å². The van der Waals surface area contributed by atoms with Crippen LogP contribution in [0.1, 0.15) is 50.7 Å². The van der Waals surface area contributed by atoms with Gasteiger partial charge in [0.05, 0.1) is 17.4 Å². The molecule has 0 radical (unpaired) electrons. The number of fused-ring (bicyclic) bond motifs is 1. The summed E-state index contributed by atoms with van der Waals surface area (Å²) in [6, 6.07) is 7.04. The second-order valence-corrected chi connectivity index (χ2v) is 11.2. The first-order chi connectivity index (χ1) is 17.3. The molecule has 3 aliphatic rings. The number of benzene rings is 1. The average molecular weight is 507 g/mol. The van der Waals surface area contributed by atoms with E-state index in [0.717, 1.165) is 0 Å². The van der Waals surface area contributed by atoms with Gasteiger partial charge in [-0.1, -0.05) is 29.4 Å². The molecule has 2 aromatic rings. The number of carbonyl (C=O) groups excluding carboxylic acids is 4. The Morgan fingerprint density at radius 1 is 1.11 bits per heavy atom. The van der Waals surface area contributed by atoms with Crippen LogP contribution in [0.15, 0.2) is 47.0 Å². The number of carbonyl (C=O) groups is 4. The molecule has 2 saturated heterocycles. The minimum atomic E-state index is -1.38. The van der Waals surface area contributed by atoms with Crippen molar-refractivity contribution in [1.82, 2.24) is 10.5 Å². The molecule has 10 heteroatoms. The van der Waals surface area contributed by atoms with Crippen LogP contribution < -0.4 is 15.5 Å². The quantitative estimate of drug-likeness (QED) is 0.471. The Morgan fingerprint density at radius 2 is 1.84 bits per heavy atom. The van der Waals surface area contributed by atoms with E-state index in [1.807, 2.05) is 20.8 Å². The zero-order chi connectivity index (χ0) is 26.9. The van der Waals surface area contributed by atoms with Crippen molar-refractivity contribution >= 4 is 35.0 Å². The van der Waals surface area contributed by atoms with Crippen molar-refractivity contribution < 1.29 is 28.4 Å². The van der Waals surface area contributed by atoms with Gasteiger partial charge in [0, 0.05) is 22.9 Å². The first-order valence-electron chi connectivity index (χ1n) is 12.2. The van der Waals surface area contributed by atoms with Gasteiger partial charge in [-0.05, 0) is 53.7 Å². The number of ketones is 1. The van der Waals surface area contributed by atoms with Crippen LogP contribution in [-0.2, 0) is 19.1 Å². The first kappa shape index (κ1) is 24.9. The molecule has 1 aromatic heterocycles. The van der Waals surface area contributed by atoms with Crippen LogP contribution in [0.5, 0.6) is 0 Å². The second kappa shape index (κ2) is 8.11. The minimum Gasteiger partial charge on any atom is -0.360 e. The fourth-order valence-corrected chi connectivity index (χ4v) is 5.75. The second-order valence-electron chi connectivity index (χ2n) is 11.2. The molecule has 5 rings (SSSR count). The fraction of sp³-hybridized carbons (Fsp3) is 0.444. The zero-order valence-corrected chi connectivity index (χ0v) is 21.6. The van der Waals surface area contributed by atoms with E-state index in [4.69, 9.17) is 9.26 Å². The number of nitrogens with one attached hydrogen (secondary N) is 2. The van der Waals surface area contributed by atoms with Crippen molar-refractivity contribution in [3.8, 4) is 0 Å². The summed E-state index contributed by atoms with van der Waals surface area (Å²) in [6.45, 7) is 10.4. The van der Waals surface area contributed by atoms with Crippen molar-refractivity contribution in [1.29, 1.82) is 0 Å². The molecular formula is C27H30N4O6.